The molecule has 0 aliphatic heterocycles. The minimum atomic E-state index is -0.700. The lowest BCUT2D eigenvalue weighted by Gasteiger charge is -2.06. The third-order valence-electron chi connectivity index (χ3n) is 4.32. The number of nitrogens with one attached hydrogen (secondary N) is 2. The van der Waals surface area contributed by atoms with Crippen LogP contribution in [0.15, 0.2) is 54.6 Å². The lowest BCUT2D eigenvalue weighted by Crippen LogP contribution is -2.13. The first-order valence-electron chi connectivity index (χ1n) is 8.52. The van der Waals surface area contributed by atoms with Crippen LogP contribution in [0.4, 0.5) is 20.2 Å². The van der Waals surface area contributed by atoms with E-state index in [0.29, 0.717) is 16.7 Å². The number of amides is 1. The molecule has 4 aromatic rings. The van der Waals surface area contributed by atoms with Gasteiger partial charge < -0.3 is 10.3 Å². The Bertz CT molecular complexity index is 1320. The molecule has 0 spiro atoms. The molecule has 0 aliphatic rings. The number of fused-ring (bicyclic) bond motifs is 1. The molecular formula is C20H11ClF2N4O3. The molecule has 0 saturated carbocycles. The van der Waals surface area contributed by atoms with E-state index in [-0.39, 0.29) is 22.0 Å². The minimum Gasteiger partial charge on any atom is -0.338 e. The van der Waals surface area contributed by atoms with Crippen LogP contribution in [0.5, 0.6) is 0 Å². The molecule has 1 heterocycles. The Hall–Kier alpha value is -3.85. The molecule has 4 rings (SSSR count). The number of benzene rings is 3. The summed E-state index contributed by atoms with van der Waals surface area (Å²) < 4.78 is 27.5. The fraction of sp³-hybridized carbons (Fsp3) is 0. The number of nitro benzene ring substituents is 1. The van der Waals surface area contributed by atoms with Gasteiger partial charge >= 0.3 is 0 Å². The molecule has 10 heteroatoms. The van der Waals surface area contributed by atoms with E-state index in [1.165, 1.54) is 24.3 Å². The van der Waals surface area contributed by atoms with E-state index in [4.69, 9.17) is 11.6 Å². The van der Waals surface area contributed by atoms with Gasteiger partial charge in [-0.15, -0.1) is 0 Å². The predicted molar refractivity (Wildman–Crippen MR) is 108 cm³/mol. The van der Waals surface area contributed by atoms with Gasteiger partial charge in [-0.2, -0.15) is 0 Å². The molecule has 0 unspecified atom stereocenters. The quantitative estimate of drug-likeness (QED) is 0.339. The van der Waals surface area contributed by atoms with Crippen LogP contribution < -0.4 is 5.32 Å². The maximum Gasteiger partial charge on any atom is 0.283 e. The third kappa shape index (κ3) is 3.70. The average molecular weight is 429 g/mol. The van der Waals surface area contributed by atoms with Crippen LogP contribution in [0.25, 0.3) is 22.4 Å². The molecule has 0 bridgehead atoms. The summed E-state index contributed by atoms with van der Waals surface area (Å²) in [5.74, 6) is -1.82. The van der Waals surface area contributed by atoms with Gasteiger partial charge in [-0.1, -0.05) is 11.6 Å². The van der Waals surface area contributed by atoms with Crippen LogP contribution >= 0.6 is 11.6 Å². The van der Waals surface area contributed by atoms with Gasteiger partial charge in [-0.05, 0) is 48.5 Å². The molecule has 0 radical (unpaired) electrons. The van der Waals surface area contributed by atoms with Crippen LogP contribution in [0, 0.1) is 21.7 Å². The first-order chi connectivity index (χ1) is 14.3. The molecule has 0 aliphatic carbocycles. The van der Waals surface area contributed by atoms with Gasteiger partial charge in [0.05, 0.1) is 21.5 Å². The van der Waals surface area contributed by atoms with Crippen molar-refractivity contribution < 1.29 is 18.5 Å². The fourth-order valence-electron chi connectivity index (χ4n) is 2.94. The molecule has 30 heavy (non-hydrogen) atoms. The Morgan fingerprint density at radius 3 is 2.67 bits per heavy atom. The van der Waals surface area contributed by atoms with E-state index >= 15 is 0 Å². The van der Waals surface area contributed by atoms with Gasteiger partial charge in [0, 0.05) is 16.8 Å². The molecule has 0 fully saturated rings. The van der Waals surface area contributed by atoms with Crippen LogP contribution in [0.3, 0.4) is 0 Å². The maximum atomic E-state index is 14.0. The monoisotopic (exact) mass is 428 g/mol. The summed E-state index contributed by atoms with van der Waals surface area (Å²) in [5, 5.41) is 13.9. The van der Waals surface area contributed by atoms with Crippen molar-refractivity contribution in [3.05, 3.63) is 86.9 Å². The summed E-state index contributed by atoms with van der Waals surface area (Å²) in [4.78, 5) is 30.1. The summed E-state index contributed by atoms with van der Waals surface area (Å²) >= 11 is 5.77. The molecule has 1 amide bonds. The van der Waals surface area contributed by atoms with Crippen molar-refractivity contribution >= 4 is 39.9 Å². The minimum absolute atomic E-state index is 0.0337. The van der Waals surface area contributed by atoms with Gasteiger partial charge in [-0.3, -0.25) is 14.9 Å². The number of carbonyl (C=O) groups is 1. The SMILES string of the molecule is O=C(Nc1ccc2nc(-c3cc(F)ccc3F)[nH]c2c1)c1ccc(Cl)cc1[N+](=O)[O-]. The van der Waals surface area contributed by atoms with Crippen LogP contribution in [-0.2, 0) is 0 Å². The normalized spacial score (nSPS) is 10.9. The number of imidazole rings is 1. The zero-order valence-corrected chi connectivity index (χ0v) is 15.7. The number of halogens is 3. The Labute approximate surface area is 172 Å². The standard InChI is InChI=1S/C20H11ClF2N4O3/c21-10-1-4-13(18(7-10)27(29)30)20(28)24-12-3-6-16-17(9-12)26-19(25-16)14-8-11(22)2-5-15(14)23/h1-9H,(H,24,28)(H,25,26). The maximum absolute atomic E-state index is 14.0. The van der Waals surface area contributed by atoms with Crippen LogP contribution in [0.2, 0.25) is 5.02 Å². The van der Waals surface area contributed by atoms with E-state index in [9.17, 15) is 23.7 Å². The summed E-state index contributed by atoms with van der Waals surface area (Å²) in [5.41, 5.74) is 0.629. The van der Waals surface area contributed by atoms with Gasteiger partial charge in [-0.25, -0.2) is 13.8 Å². The first kappa shape index (κ1) is 19.5. The Morgan fingerprint density at radius 2 is 1.90 bits per heavy atom. The Kier molecular flexibility index (Phi) is 4.88. The second-order valence-corrected chi connectivity index (χ2v) is 6.75. The lowest BCUT2D eigenvalue weighted by molar-refractivity contribution is -0.385. The third-order valence-corrected chi connectivity index (χ3v) is 4.56. The highest BCUT2D eigenvalue weighted by molar-refractivity contribution is 6.31. The largest absolute Gasteiger partial charge is 0.338 e. The number of rotatable bonds is 4. The van der Waals surface area contributed by atoms with Crippen molar-refractivity contribution in [1.29, 1.82) is 0 Å². The summed E-state index contributed by atoms with van der Waals surface area (Å²) in [6, 6.07) is 11.4. The smallest absolute Gasteiger partial charge is 0.283 e. The van der Waals surface area contributed by atoms with Crippen molar-refractivity contribution in [3.8, 4) is 11.4 Å². The number of carbonyl (C=O) groups excluding carboxylic acids is 1. The van der Waals surface area contributed by atoms with Crippen molar-refractivity contribution in [3.63, 3.8) is 0 Å². The van der Waals surface area contributed by atoms with Crippen molar-refractivity contribution in [2.75, 3.05) is 5.32 Å². The molecule has 1 aromatic heterocycles. The number of H-pyrrole nitrogens is 1. The number of nitro groups is 1. The zero-order chi connectivity index (χ0) is 21.4. The van der Waals surface area contributed by atoms with Gasteiger partial charge in [0.15, 0.2) is 0 Å². The summed E-state index contributed by atoms with van der Waals surface area (Å²) in [7, 11) is 0. The topological polar surface area (TPSA) is 101 Å². The van der Waals surface area contributed by atoms with Crippen molar-refractivity contribution in [2.24, 2.45) is 0 Å². The Morgan fingerprint density at radius 1 is 1.10 bits per heavy atom. The van der Waals surface area contributed by atoms with Gasteiger partial charge in [0.25, 0.3) is 11.6 Å². The molecule has 7 nitrogen and oxygen atoms in total. The van der Waals surface area contributed by atoms with Gasteiger partial charge in [0.1, 0.15) is 23.0 Å². The lowest BCUT2D eigenvalue weighted by atomic mass is 10.1. The fourth-order valence-corrected chi connectivity index (χ4v) is 3.11. The van der Waals surface area contributed by atoms with E-state index in [2.05, 4.69) is 15.3 Å². The number of nitrogens with zero attached hydrogens (tertiary/aromatic N) is 2. The molecule has 0 atom stereocenters. The molecule has 150 valence electrons. The number of hydrogen-bond acceptors (Lipinski definition) is 4. The van der Waals surface area contributed by atoms with Crippen LogP contribution in [0.1, 0.15) is 10.4 Å². The molecule has 0 saturated heterocycles. The molecule has 3 aromatic carbocycles. The average Bonchev–Trinajstić information content (AvgIpc) is 3.12. The molecular weight excluding hydrogens is 418 g/mol. The van der Waals surface area contributed by atoms with Crippen LogP contribution in [-0.4, -0.2) is 20.8 Å². The molecule has 2 N–H and O–H groups in total. The summed E-state index contributed by atoms with van der Waals surface area (Å²) in [6.07, 6.45) is 0. The summed E-state index contributed by atoms with van der Waals surface area (Å²) in [6.45, 7) is 0. The van der Waals surface area contributed by atoms with E-state index in [0.717, 1.165) is 24.3 Å². The second kappa shape index (κ2) is 7.53. The highest BCUT2D eigenvalue weighted by Crippen LogP contribution is 2.27. The van der Waals surface area contributed by atoms with Crippen molar-refractivity contribution in [1.82, 2.24) is 9.97 Å². The van der Waals surface area contributed by atoms with Gasteiger partial charge in [0.2, 0.25) is 0 Å². The van der Waals surface area contributed by atoms with Crippen molar-refractivity contribution in [2.45, 2.75) is 0 Å². The number of aromatic nitrogens is 2. The van der Waals surface area contributed by atoms with E-state index in [1.807, 2.05) is 0 Å². The Balaban J connectivity index is 1.66. The zero-order valence-electron chi connectivity index (χ0n) is 14.9. The second-order valence-electron chi connectivity index (χ2n) is 6.31. The number of anilines is 1. The number of hydrogen-bond donors (Lipinski definition) is 2. The predicted octanol–water partition coefficient (Wildman–Crippen LogP) is 5.32. The highest BCUT2D eigenvalue weighted by atomic mass is 35.5. The number of aromatic amines is 1. The highest BCUT2D eigenvalue weighted by Gasteiger charge is 2.21. The van der Waals surface area contributed by atoms with E-state index in [1.54, 1.807) is 6.07 Å². The first-order valence-corrected chi connectivity index (χ1v) is 8.90. The van der Waals surface area contributed by atoms with E-state index < -0.39 is 28.2 Å².